The molecule has 7 rings (SSSR count). The summed E-state index contributed by atoms with van der Waals surface area (Å²) < 4.78 is 12.7. The van der Waals surface area contributed by atoms with Crippen molar-refractivity contribution in [1.82, 2.24) is 0 Å². The first kappa shape index (κ1) is 17.3. The molecule has 0 aromatic rings. The van der Waals surface area contributed by atoms with Gasteiger partial charge >= 0.3 is 5.97 Å². The van der Waals surface area contributed by atoms with E-state index in [1.54, 1.807) is 0 Å². The fourth-order valence-corrected chi connectivity index (χ4v) is 9.04. The topological polar surface area (TPSA) is 55.8 Å². The quantitative estimate of drug-likeness (QED) is 0.749. The van der Waals surface area contributed by atoms with Gasteiger partial charge in [-0.3, -0.25) is 4.79 Å². The first-order chi connectivity index (χ1) is 12.8. The molecule has 27 heavy (non-hydrogen) atoms. The van der Waals surface area contributed by atoms with E-state index >= 15 is 0 Å². The molecule has 4 nitrogen and oxygen atoms in total. The Morgan fingerprint density at radius 2 is 1.96 bits per heavy atom. The van der Waals surface area contributed by atoms with Crippen LogP contribution in [-0.4, -0.2) is 35.0 Å². The average molecular weight is 375 g/mol. The zero-order chi connectivity index (χ0) is 18.8. The van der Waals surface area contributed by atoms with Crippen LogP contribution < -0.4 is 0 Å². The highest BCUT2D eigenvalue weighted by Crippen LogP contribution is 2.77. The Kier molecular flexibility index (Phi) is 3.26. The van der Waals surface area contributed by atoms with Crippen LogP contribution in [0.1, 0.15) is 72.1 Å². The van der Waals surface area contributed by atoms with Crippen LogP contribution in [0.15, 0.2) is 0 Å². The smallest absolute Gasteiger partial charge is 0.305 e. The maximum atomic E-state index is 12.1. The van der Waals surface area contributed by atoms with Crippen LogP contribution in [-0.2, 0) is 14.3 Å². The Balaban J connectivity index is 1.34. The molecule has 150 valence electrons. The van der Waals surface area contributed by atoms with Gasteiger partial charge in [-0.15, -0.1) is 0 Å². The standard InChI is InChI=1S/C23H34O4/c1-4-17(25)26-20-14-9-13(14)19-18-15(6-7-21(19,20)2)22(3)8-5-12(24)10-23(22)11-16(18)27-23/h12-16,18-20,24H,4-11H2,1-3H3. The van der Waals surface area contributed by atoms with E-state index in [1.165, 1.54) is 19.3 Å². The molecule has 4 heteroatoms. The minimum Gasteiger partial charge on any atom is -0.461 e. The molecule has 7 aliphatic rings. The van der Waals surface area contributed by atoms with Crippen molar-refractivity contribution in [3.8, 4) is 0 Å². The van der Waals surface area contributed by atoms with Gasteiger partial charge in [0.25, 0.3) is 0 Å². The van der Waals surface area contributed by atoms with Crippen LogP contribution in [0.4, 0.5) is 0 Å². The molecule has 2 aliphatic heterocycles. The summed E-state index contributed by atoms with van der Waals surface area (Å²) in [4.78, 5) is 12.1. The van der Waals surface area contributed by atoms with Crippen LogP contribution in [0.5, 0.6) is 0 Å². The predicted octanol–water partition coefficient (Wildman–Crippen LogP) is 3.70. The van der Waals surface area contributed by atoms with Gasteiger partial charge in [-0.1, -0.05) is 20.8 Å². The number of carbonyl (C=O) groups is 1. The van der Waals surface area contributed by atoms with Crippen molar-refractivity contribution in [1.29, 1.82) is 0 Å². The highest BCUT2D eigenvalue weighted by atomic mass is 16.5. The van der Waals surface area contributed by atoms with E-state index < -0.39 is 0 Å². The van der Waals surface area contributed by atoms with Gasteiger partial charge in [-0.05, 0) is 61.7 Å². The van der Waals surface area contributed by atoms with Crippen LogP contribution in [0.2, 0.25) is 0 Å². The zero-order valence-corrected chi connectivity index (χ0v) is 16.9. The Hall–Kier alpha value is -0.610. The van der Waals surface area contributed by atoms with E-state index in [0.717, 1.165) is 37.5 Å². The van der Waals surface area contributed by atoms with Gasteiger partial charge in [0.05, 0.1) is 17.8 Å². The summed E-state index contributed by atoms with van der Waals surface area (Å²) in [7, 11) is 0. The lowest BCUT2D eigenvalue weighted by molar-refractivity contribution is -0.376. The second-order valence-corrected chi connectivity index (χ2v) is 11.3. The van der Waals surface area contributed by atoms with E-state index in [9.17, 15) is 9.90 Å². The largest absolute Gasteiger partial charge is 0.461 e. The van der Waals surface area contributed by atoms with Gasteiger partial charge in [-0.2, -0.15) is 0 Å². The molecule has 11 unspecified atom stereocenters. The summed E-state index contributed by atoms with van der Waals surface area (Å²) in [6.45, 7) is 6.79. The number of aliphatic hydroxyl groups is 1. The minimum absolute atomic E-state index is 0.0227. The average Bonchev–Trinajstić information content (AvgIpc) is 3.33. The number of ether oxygens (including phenoxy) is 2. The maximum absolute atomic E-state index is 12.1. The molecule has 0 aromatic heterocycles. The van der Waals surface area contributed by atoms with Crippen LogP contribution in [0.3, 0.4) is 0 Å². The number of hydrogen-bond donors (Lipinski definition) is 1. The summed E-state index contributed by atoms with van der Waals surface area (Å²) in [5, 5.41) is 10.3. The van der Waals surface area contributed by atoms with E-state index in [4.69, 9.17) is 9.47 Å². The third-order valence-electron chi connectivity index (χ3n) is 10.3. The lowest BCUT2D eigenvalue weighted by Gasteiger charge is -2.74. The Morgan fingerprint density at radius 3 is 2.70 bits per heavy atom. The molecular formula is C23H34O4. The molecule has 5 aliphatic carbocycles. The number of fused-ring (bicyclic) bond motifs is 3. The molecule has 0 aromatic carbocycles. The monoisotopic (exact) mass is 374 g/mol. The molecule has 11 atom stereocenters. The van der Waals surface area contributed by atoms with Gasteiger partial charge < -0.3 is 14.6 Å². The van der Waals surface area contributed by atoms with Crippen molar-refractivity contribution in [2.45, 2.75) is 96.1 Å². The number of aliphatic hydroxyl groups excluding tert-OH is 1. The van der Waals surface area contributed by atoms with E-state index in [1.807, 2.05) is 6.92 Å². The normalized spacial score (nSPS) is 62.4. The van der Waals surface area contributed by atoms with E-state index in [2.05, 4.69) is 13.8 Å². The van der Waals surface area contributed by atoms with Crippen molar-refractivity contribution in [2.75, 3.05) is 0 Å². The fourth-order valence-electron chi connectivity index (χ4n) is 9.04. The number of rotatable bonds is 2. The fraction of sp³-hybridized carbons (Fsp3) is 0.957. The van der Waals surface area contributed by atoms with Crippen LogP contribution in [0.25, 0.3) is 0 Å². The van der Waals surface area contributed by atoms with Gasteiger partial charge in [0.2, 0.25) is 0 Å². The Morgan fingerprint density at radius 1 is 1.19 bits per heavy atom. The van der Waals surface area contributed by atoms with Crippen molar-refractivity contribution in [2.24, 2.45) is 40.4 Å². The molecule has 1 spiro atoms. The molecule has 2 saturated heterocycles. The van der Waals surface area contributed by atoms with Crippen molar-refractivity contribution >= 4 is 5.97 Å². The van der Waals surface area contributed by atoms with Crippen LogP contribution in [0, 0.1) is 40.4 Å². The molecule has 0 amide bonds. The molecule has 5 saturated carbocycles. The van der Waals surface area contributed by atoms with E-state index in [-0.39, 0.29) is 34.6 Å². The Bertz CT molecular complexity index is 684. The second kappa shape index (κ2) is 5.11. The highest BCUT2D eigenvalue weighted by molar-refractivity contribution is 5.69. The molecular weight excluding hydrogens is 340 g/mol. The van der Waals surface area contributed by atoms with Crippen molar-refractivity contribution < 1.29 is 19.4 Å². The number of esters is 1. The van der Waals surface area contributed by atoms with Crippen molar-refractivity contribution in [3.05, 3.63) is 0 Å². The number of carbonyl (C=O) groups excluding carboxylic acids is 1. The second-order valence-electron chi connectivity index (χ2n) is 11.3. The van der Waals surface area contributed by atoms with Gasteiger partial charge in [0.15, 0.2) is 0 Å². The summed E-state index contributed by atoms with van der Waals surface area (Å²) in [6.07, 6.45) is 8.51. The molecule has 2 bridgehead atoms. The summed E-state index contributed by atoms with van der Waals surface area (Å²) in [6, 6.07) is 0. The molecule has 2 heterocycles. The van der Waals surface area contributed by atoms with E-state index in [0.29, 0.717) is 30.3 Å². The summed E-state index contributed by atoms with van der Waals surface area (Å²) in [5.74, 6) is 3.32. The molecule has 1 N–H and O–H groups in total. The van der Waals surface area contributed by atoms with Gasteiger partial charge in [0.1, 0.15) is 6.10 Å². The first-order valence-electron chi connectivity index (χ1n) is 11.4. The van der Waals surface area contributed by atoms with Crippen molar-refractivity contribution in [3.63, 3.8) is 0 Å². The highest BCUT2D eigenvalue weighted by Gasteiger charge is 2.78. The van der Waals surface area contributed by atoms with Crippen LogP contribution >= 0.6 is 0 Å². The van der Waals surface area contributed by atoms with Gasteiger partial charge in [-0.25, -0.2) is 0 Å². The zero-order valence-electron chi connectivity index (χ0n) is 16.9. The first-order valence-corrected chi connectivity index (χ1v) is 11.4. The SMILES string of the molecule is CCC(=O)OC1C2CC2C2C3C4CC5(CC(O)CCC5(C)C3CCC12C)O4. The third kappa shape index (κ3) is 1.91. The molecule has 0 radical (unpaired) electrons. The lowest BCUT2D eigenvalue weighted by atomic mass is 9.40. The maximum Gasteiger partial charge on any atom is 0.305 e. The third-order valence-corrected chi connectivity index (χ3v) is 10.3. The lowest BCUT2D eigenvalue weighted by Crippen LogP contribution is -2.76. The molecule has 7 fully saturated rings. The number of hydrogen-bond acceptors (Lipinski definition) is 4. The minimum atomic E-state index is -0.179. The summed E-state index contributed by atoms with van der Waals surface area (Å²) >= 11 is 0. The van der Waals surface area contributed by atoms with Gasteiger partial charge in [0, 0.05) is 30.1 Å². The predicted molar refractivity (Wildman–Crippen MR) is 99.8 cm³/mol. The Labute approximate surface area is 162 Å². The summed E-state index contributed by atoms with van der Waals surface area (Å²) in [5.41, 5.74) is 0.304.